The molecule has 0 aliphatic carbocycles. The molecule has 1 aromatic rings. The van der Waals surface area contributed by atoms with Gasteiger partial charge in [-0.3, -0.25) is 0 Å². The van der Waals surface area contributed by atoms with E-state index >= 15 is 0 Å². The van der Waals surface area contributed by atoms with Gasteiger partial charge in [0.15, 0.2) is 0 Å². The van der Waals surface area contributed by atoms with Crippen LogP contribution in [0, 0.1) is 6.92 Å². The molecule has 90 valence electrons. The summed E-state index contributed by atoms with van der Waals surface area (Å²) in [5, 5.41) is 11.9. The molecule has 4 heteroatoms. The van der Waals surface area contributed by atoms with Gasteiger partial charge in [-0.25, -0.2) is 0 Å². The summed E-state index contributed by atoms with van der Waals surface area (Å²) in [7, 11) is 0. The monoisotopic (exact) mass is 240 g/mol. The van der Waals surface area contributed by atoms with Crippen molar-refractivity contribution < 1.29 is 5.11 Å². The van der Waals surface area contributed by atoms with Crippen LogP contribution in [0.5, 0.6) is 0 Å². The average Bonchev–Trinajstić information content (AvgIpc) is 2.29. The van der Waals surface area contributed by atoms with Gasteiger partial charge in [0.2, 0.25) is 0 Å². The number of thioether (sulfide) groups is 1. The van der Waals surface area contributed by atoms with Crippen LogP contribution in [0.15, 0.2) is 18.2 Å². The molecule has 0 saturated heterocycles. The standard InChI is InChI=1S/C12H20N2OS/c1-10-4-2-5-11(12(10)13)14-6-9-16-8-3-7-15/h2,4-5,14-15H,3,6-9,13H2,1H3. The van der Waals surface area contributed by atoms with Crippen LogP contribution in [-0.2, 0) is 0 Å². The van der Waals surface area contributed by atoms with E-state index in [1.165, 1.54) is 0 Å². The molecule has 0 bridgehead atoms. The smallest absolute Gasteiger partial charge is 0.0579 e. The molecule has 4 N–H and O–H groups in total. The van der Waals surface area contributed by atoms with Crippen LogP contribution in [-0.4, -0.2) is 29.8 Å². The lowest BCUT2D eigenvalue weighted by atomic mass is 10.2. The molecular formula is C12H20N2OS. The van der Waals surface area contributed by atoms with Gasteiger partial charge in [-0.1, -0.05) is 12.1 Å². The first-order chi connectivity index (χ1) is 7.75. The molecule has 0 heterocycles. The van der Waals surface area contributed by atoms with Gasteiger partial charge < -0.3 is 16.2 Å². The summed E-state index contributed by atoms with van der Waals surface area (Å²) in [4.78, 5) is 0. The van der Waals surface area contributed by atoms with Crippen molar-refractivity contribution in [1.29, 1.82) is 0 Å². The minimum atomic E-state index is 0.283. The zero-order chi connectivity index (χ0) is 11.8. The van der Waals surface area contributed by atoms with Crippen LogP contribution in [0.3, 0.4) is 0 Å². The van der Waals surface area contributed by atoms with Gasteiger partial charge in [0, 0.05) is 18.9 Å². The number of nitrogens with two attached hydrogens (primary N) is 1. The number of nitrogens with one attached hydrogen (secondary N) is 1. The Morgan fingerprint density at radius 2 is 2.19 bits per heavy atom. The van der Waals surface area contributed by atoms with Crippen LogP contribution in [0.4, 0.5) is 11.4 Å². The van der Waals surface area contributed by atoms with E-state index in [1.54, 1.807) is 0 Å². The van der Waals surface area contributed by atoms with Crippen LogP contribution >= 0.6 is 11.8 Å². The van der Waals surface area contributed by atoms with Gasteiger partial charge in [0.25, 0.3) is 0 Å². The third-order valence-corrected chi connectivity index (χ3v) is 3.40. The van der Waals surface area contributed by atoms with Crippen molar-refractivity contribution >= 4 is 23.1 Å². The number of anilines is 2. The second kappa shape index (κ2) is 7.41. The van der Waals surface area contributed by atoms with Crippen LogP contribution in [0.25, 0.3) is 0 Å². The summed E-state index contributed by atoms with van der Waals surface area (Å²) >= 11 is 1.84. The Hall–Kier alpha value is -0.870. The molecule has 1 aromatic carbocycles. The predicted molar refractivity (Wildman–Crippen MR) is 73.1 cm³/mol. The molecule has 0 radical (unpaired) electrons. The largest absolute Gasteiger partial charge is 0.397 e. The molecule has 0 saturated carbocycles. The van der Waals surface area contributed by atoms with Crippen molar-refractivity contribution in [2.45, 2.75) is 13.3 Å². The third kappa shape index (κ3) is 4.33. The average molecular weight is 240 g/mol. The van der Waals surface area contributed by atoms with E-state index < -0.39 is 0 Å². The molecule has 3 nitrogen and oxygen atoms in total. The van der Waals surface area contributed by atoms with Crippen molar-refractivity contribution in [1.82, 2.24) is 0 Å². The molecule has 0 aromatic heterocycles. The summed E-state index contributed by atoms with van der Waals surface area (Å²) < 4.78 is 0. The number of aliphatic hydroxyl groups excluding tert-OH is 1. The fourth-order valence-corrected chi connectivity index (χ4v) is 2.15. The Morgan fingerprint density at radius 3 is 2.94 bits per heavy atom. The number of nitrogen functional groups attached to an aromatic ring is 1. The minimum absolute atomic E-state index is 0.283. The Morgan fingerprint density at radius 1 is 1.38 bits per heavy atom. The summed E-state index contributed by atoms with van der Waals surface area (Å²) in [5.41, 5.74) is 8.90. The summed E-state index contributed by atoms with van der Waals surface area (Å²) in [6.45, 7) is 3.20. The summed E-state index contributed by atoms with van der Waals surface area (Å²) in [6, 6.07) is 6.02. The highest BCUT2D eigenvalue weighted by atomic mass is 32.2. The number of benzene rings is 1. The second-order valence-corrected chi connectivity index (χ2v) is 4.88. The van der Waals surface area contributed by atoms with Crippen molar-refractivity contribution in [2.24, 2.45) is 0 Å². The van der Waals surface area contributed by atoms with Gasteiger partial charge in [0.1, 0.15) is 0 Å². The van der Waals surface area contributed by atoms with Gasteiger partial charge in [-0.05, 0) is 30.7 Å². The normalized spacial score (nSPS) is 10.4. The lowest BCUT2D eigenvalue weighted by Gasteiger charge is -2.10. The summed E-state index contributed by atoms with van der Waals surface area (Å²) in [5.74, 6) is 2.05. The molecule has 1 rings (SSSR count). The fourth-order valence-electron chi connectivity index (χ4n) is 1.36. The Kier molecular flexibility index (Phi) is 6.11. The molecule has 0 atom stereocenters. The van der Waals surface area contributed by atoms with Gasteiger partial charge in [-0.15, -0.1) is 0 Å². The number of hydrogen-bond acceptors (Lipinski definition) is 4. The van der Waals surface area contributed by atoms with E-state index in [-0.39, 0.29) is 6.61 Å². The molecule has 0 aliphatic heterocycles. The maximum Gasteiger partial charge on any atom is 0.0579 e. The van der Waals surface area contributed by atoms with E-state index in [9.17, 15) is 0 Å². The van der Waals surface area contributed by atoms with Crippen molar-refractivity contribution in [3.05, 3.63) is 23.8 Å². The first-order valence-corrected chi connectivity index (χ1v) is 6.68. The highest BCUT2D eigenvalue weighted by Gasteiger charge is 1.99. The number of para-hydroxylation sites is 1. The van der Waals surface area contributed by atoms with Crippen molar-refractivity contribution in [3.63, 3.8) is 0 Å². The lowest BCUT2D eigenvalue weighted by Crippen LogP contribution is -2.07. The van der Waals surface area contributed by atoms with Gasteiger partial charge in [-0.2, -0.15) is 11.8 Å². The zero-order valence-corrected chi connectivity index (χ0v) is 10.5. The SMILES string of the molecule is Cc1cccc(NCCSCCCO)c1N. The first kappa shape index (κ1) is 13.2. The van der Waals surface area contributed by atoms with Crippen LogP contribution in [0.1, 0.15) is 12.0 Å². The predicted octanol–water partition coefficient (Wildman–Crippen LogP) is 2.10. The number of aliphatic hydroxyl groups is 1. The maximum absolute atomic E-state index is 8.62. The highest BCUT2D eigenvalue weighted by molar-refractivity contribution is 7.99. The van der Waals surface area contributed by atoms with E-state index in [2.05, 4.69) is 5.32 Å². The molecule has 0 amide bonds. The van der Waals surface area contributed by atoms with Gasteiger partial charge >= 0.3 is 0 Å². The highest BCUT2D eigenvalue weighted by Crippen LogP contribution is 2.21. The molecular weight excluding hydrogens is 220 g/mol. The quantitative estimate of drug-likeness (QED) is 0.504. The van der Waals surface area contributed by atoms with E-state index in [0.717, 1.165) is 41.4 Å². The van der Waals surface area contributed by atoms with Crippen molar-refractivity contribution in [2.75, 3.05) is 35.7 Å². The van der Waals surface area contributed by atoms with Crippen LogP contribution < -0.4 is 11.1 Å². The first-order valence-electron chi connectivity index (χ1n) is 5.53. The van der Waals surface area contributed by atoms with E-state index in [0.29, 0.717) is 0 Å². The molecule has 0 fully saturated rings. The lowest BCUT2D eigenvalue weighted by molar-refractivity contribution is 0.296. The van der Waals surface area contributed by atoms with E-state index in [1.807, 2.05) is 36.9 Å². The number of aryl methyl sites for hydroxylation is 1. The Balaban J connectivity index is 2.24. The van der Waals surface area contributed by atoms with Crippen molar-refractivity contribution in [3.8, 4) is 0 Å². The molecule has 0 spiro atoms. The number of hydrogen-bond donors (Lipinski definition) is 3. The maximum atomic E-state index is 8.62. The second-order valence-electron chi connectivity index (χ2n) is 3.65. The van der Waals surface area contributed by atoms with Gasteiger partial charge in [0.05, 0.1) is 11.4 Å². The number of rotatable bonds is 7. The minimum Gasteiger partial charge on any atom is -0.397 e. The fraction of sp³-hybridized carbons (Fsp3) is 0.500. The molecule has 0 unspecified atom stereocenters. The zero-order valence-electron chi connectivity index (χ0n) is 9.70. The molecule has 0 aliphatic rings. The third-order valence-electron chi connectivity index (χ3n) is 2.33. The molecule has 16 heavy (non-hydrogen) atoms. The van der Waals surface area contributed by atoms with Crippen LogP contribution in [0.2, 0.25) is 0 Å². The Labute approximate surface area is 101 Å². The topological polar surface area (TPSA) is 58.3 Å². The van der Waals surface area contributed by atoms with E-state index in [4.69, 9.17) is 10.8 Å². The Bertz CT molecular complexity index is 318. The summed E-state index contributed by atoms with van der Waals surface area (Å²) in [6.07, 6.45) is 0.872.